The maximum Gasteiger partial charge on any atom is 0.165 e. The number of fused-ring (bicyclic) bond motifs is 7. The maximum atomic E-state index is 5.26. The fourth-order valence-corrected chi connectivity index (χ4v) is 10.3. The van der Waals surface area contributed by atoms with E-state index in [9.17, 15) is 0 Å². The minimum absolute atomic E-state index is 0.635. The van der Waals surface area contributed by atoms with Gasteiger partial charge in [-0.2, -0.15) is 0 Å². The molecule has 0 aliphatic carbocycles. The Morgan fingerprint density at radius 3 is 1.56 bits per heavy atom. The summed E-state index contributed by atoms with van der Waals surface area (Å²) < 4.78 is 2.42. The van der Waals surface area contributed by atoms with E-state index in [0.29, 0.717) is 17.5 Å². The summed E-state index contributed by atoms with van der Waals surface area (Å²) in [6, 6.07) is 75.8. The zero-order valence-corrected chi connectivity index (χ0v) is 33.8. The Kier molecular flexibility index (Phi) is 8.36. The molecule has 2 heterocycles. The Balaban J connectivity index is 0.999. The van der Waals surface area contributed by atoms with Gasteiger partial charge in [-0.1, -0.05) is 194 Å². The van der Waals surface area contributed by atoms with Crippen LogP contribution < -0.4 is 0 Å². The molecular weight excluding hydrogens is 759 g/mol. The lowest BCUT2D eigenvalue weighted by Gasteiger charge is -2.16. The topological polar surface area (TPSA) is 38.7 Å². The maximum absolute atomic E-state index is 5.26. The fourth-order valence-electron chi connectivity index (χ4n) is 9.08. The van der Waals surface area contributed by atoms with E-state index in [-0.39, 0.29) is 0 Å². The van der Waals surface area contributed by atoms with E-state index in [2.05, 4.69) is 206 Å². The average molecular weight is 794 g/mol. The van der Waals surface area contributed by atoms with Crippen molar-refractivity contribution >= 4 is 63.8 Å². The third-order valence-electron chi connectivity index (χ3n) is 12.0. The van der Waals surface area contributed by atoms with Crippen LogP contribution in [0, 0.1) is 0 Å². The zero-order valence-electron chi connectivity index (χ0n) is 33.0. The summed E-state index contributed by atoms with van der Waals surface area (Å²) in [5.41, 5.74) is 9.88. The Morgan fingerprint density at radius 2 is 0.770 bits per heavy atom. The lowest BCUT2D eigenvalue weighted by molar-refractivity contribution is 1.08. The van der Waals surface area contributed by atoms with Crippen molar-refractivity contribution in [3.05, 3.63) is 212 Å². The van der Waals surface area contributed by atoms with Gasteiger partial charge < -0.3 is 0 Å². The second-order valence-electron chi connectivity index (χ2n) is 15.5. The van der Waals surface area contributed by atoms with Crippen LogP contribution in [0.25, 0.3) is 120 Å². The van der Waals surface area contributed by atoms with E-state index in [1.807, 2.05) is 6.07 Å². The van der Waals surface area contributed by atoms with Crippen LogP contribution in [-0.4, -0.2) is 15.0 Å². The second kappa shape index (κ2) is 14.5. The molecule has 12 rings (SSSR count). The Bertz CT molecular complexity index is 3650. The molecule has 3 nitrogen and oxygen atoms in total. The molecule has 0 atom stereocenters. The van der Waals surface area contributed by atoms with E-state index in [1.165, 1.54) is 69.2 Å². The summed E-state index contributed by atoms with van der Waals surface area (Å²) in [6.07, 6.45) is 0. The smallest absolute Gasteiger partial charge is 0.165 e. The van der Waals surface area contributed by atoms with E-state index >= 15 is 0 Å². The van der Waals surface area contributed by atoms with Crippen molar-refractivity contribution in [1.29, 1.82) is 0 Å². The zero-order chi connectivity index (χ0) is 40.3. The van der Waals surface area contributed by atoms with Gasteiger partial charge in [0.1, 0.15) is 0 Å². The summed E-state index contributed by atoms with van der Waals surface area (Å²) in [5.74, 6) is 1.94. The van der Waals surface area contributed by atoms with Crippen LogP contribution >= 0.6 is 11.3 Å². The molecule has 0 saturated heterocycles. The first kappa shape index (κ1) is 35.2. The molecule has 4 heteroatoms. The largest absolute Gasteiger partial charge is 0.208 e. The number of hydrogen-bond acceptors (Lipinski definition) is 4. The first-order valence-corrected chi connectivity index (χ1v) is 21.4. The summed E-state index contributed by atoms with van der Waals surface area (Å²) in [7, 11) is 0. The quantitative estimate of drug-likeness (QED) is 0.157. The molecule has 0 unspecified atom stereocenters. The molecule has 0 N–H and O–H groups in total. The highest BCUT2D eigenvalue weighted by atomic mass is 32.1. The lowest BCUT2D eigenvalue weighted by Crippen LogP contribution is -2.01. The van der Waals surface area contributed by atoms with Gasteiger partial charge in [-0.15, -0.1) is 11.3 Å². The molecule has 2 aromatic heterocycles. The molecule has 284 valence electrons. The third kappa shape index (κ3) is 5.99. The van der Waals surface area contributed by atoms with Gasteiger partial charge in [-0.3, -0.25) is 0 Å². The van der Waals surface area contributed by atoms with Crippen molar-refractivity contribution in [2.75, 3.05) is 0 Å². The second-order valence-corrected chi connectivity index (χ2v) is 16.5. The summed E-state index contributed by atoms with van der Waals surface area (Å²) >= 11 is 1.79. The molecule has 0 radical (unpaired) electrons. The third-order valence-corrected chi connectivity index (χ3v) is 13.2. The van der Waals surface area contributed by atoms with Crippen molar-refractivity contribution in [3.63, 3.8) is 0 Å². The van der Waals surface area contributed by atoms with E-state index < -0.39 is 0 Å². The van der Waals surface area contributed by atoms with Crippen LogP contribution in [0.3, 0.4) is 0 Å². The first-order valence-electron chi connectivity index (χ1n) is 20.6. The monoisotopic (exact) mass is 793 g/mol. The number of rotatable bonds is 6. The number of thiophene rings is 1. The molecule has 0 bridgehead atoms. The van der Waals surface area contributed by atoms with Crippen molar-refractivity contribution in [2.24, 2.45) is 0 Å². The van der Waals surface area contributed by atoms with Gasteiger partial charge in [0.05, 0.1) is 0 Å². The van der Waals surface area contributed by atoms with Crippen molar-refractivity contribution in [3.8, 4) is 67.5 Å². The van der Waals surface area contributed by atoms with Gasteiger partial charge in [0.25, 0.3) is 0 Å². The van der Waals surface area contributed by atoms with Crippen LogP contribution in [-0.2, 0) is 0 Å². The average Bonchev–Trinajstić information content (AvgIpc) is 3.73. The predicted octanol–water partition coefficient (Wildman–Crippen LogP) is 15.7. The normalized spacial score (nSPS) is 11.6. The molecule has 0 spiro atoms. The van der Waals surface area contributed by atoms with Crippen LogP contribution in [0.1, 0.15) is 0 Å². The molecule has 0 fully saturated rings. The van der Waals surface area contributed by atoms with Crippen molar-refractivity contribution in [1.82, 2.24) is 15.0 Å². The number of nitrogens with zero attached hydrogens (tertiary/aromatic N) is 3. The highest BCUT2D eigenvalue weighted by molar-refractivity contribution is 7.26. The SMILES string of the molecule is c1ccc(-c2ccccc2-c2nc(-c3ccc(-c4ccc(-c5cc6ccccc6c6ccccc56)c5ccccc45)cc3)nc(-c3cccc4c3sc3ccccc34)n2)cc1. The van der Waals surface area contributed by atoms with Crippen LogP contribution in [0.2, 0.25) is 0 Å². The highest BCUT2D eigenvalue weighted by Crippen LogP contribution is 2.43. The lowest BCUT2D eigenvalue weighted by atomic mass is 9.88. The van der Waals surface area contributed by atoms with E-state index in [0.717, 1.165) is 33.4 Å². The molecule has 12 aromatic rings. The molecule has 61 heavy (non-hydrogen) atoms. The van der Waals surface area contributed by atoms with Gasteiger partial charge in [0, 0.05) is 36.9 Å². The van der Waals surface area contributed by atoms with Crippen LogP contribution in [0.4, 0.5) is 0 Å². The molecule has 0 saturated carbocycles. The van der Waals surface area contributed by atoms with Crippen molar-refractivity contribution in [2.45, 2.75) is 0 Å². The van der Waals surface area contributed by atoms with Gasteiger partial charge in [0.2, 0.25) is 0 Å². The van der Waals surface area contributed by atoms with Crippen LogP contribution in [0.15, 0.2) is 212 Å². The fraction of sp³-hybridized carbons (Fsp3) is 0. The molecule has 0 aliphatic rings. The number of aromatic nitrogens is 3. The predicted molar refractivity (Wildman–Crippen MR) is 258 cm³/mol. The van der Waals surface area contributed by atoms with Gasteiger partial charge >= 0.3 is 0 Å². The van der Waals surface area contributed by atoms with Gasteiger partial charge in [-0.25, -0.2) is 15.0 Å². The number of hydrogen-bond donors (Lipinski definition) is 0. The van der Waals surface area contributed by atoms with Gasteiger partial charge in [0.15, 0.2) is 17.5 Å². The summed E-state index contributed by atoms with van der Waals surface area (Å²) in [5, 5.41) is 9.94. The summed E-state index contributed by atoms with van der Waals surface area (Å²) in [6.45, 7) is 0. The Labute approximate surface area is 356 Å². The Morgan fingerprint density at radius 1 is 0.262 bits per heavy atom. The molecule has 0 amide bonds. The minimum Gasteiger partial charge on any atom is -0.208 e. The van der Waals surface area contributed by atoms with Crippen LogP contribution in [0.5, 0.6) is 0 Å². The molecule has 10 aromatic carbocycles. The first-order chi connectivity index (χ1) is 30.2. The standard InChI is InChI=1S/C57H35N3S/c1-2-15-36(16-3-1)40-18-6-11-25-50(40)56-58-55(59-57(60-56)51-27-14-26-49-48-24-12-13-28-53(48)61-54(49)51)38-31-29-37(30-32-38)42-33-34-47(45-22-9-7-21-44(42)45)52-35-39-17-4-5-19-41(39)43-20-8-10-23-46(43)52/h1-35H. The van der Waals surface area contributed by atoms with E-state index in [4.69, 9.17) is 15.0 Å². The van der Waals surface area contributed by atoms with E-state index in [1.54, 1.807) is 11.3 Å². The minimum atomic E-state index is 0.635. The number of benzene rings is 10. The highest BCUT2D eigenvalue weighted by Gasteiger charge is 2.19. The summed E-state index contributed by atoms with van der Waals surface area (Å²) in [4.78, 5) is 15.7. The van der Waals surface area contributed by atoms with Crippen molar-refractivity contribution < 1.29 is 0 Å². The van der Waals surface area contributed by atoms with Gasteiger partial charge in [-0.05, 0) is 83.9 Å². The molecular formula is C57H35N3S. The molecule has 0 aliphatic heterocycles. The Hall–Kier alpha value is -7.79.